The van der Waals surface area contributed by atoms with Crippen molar-refractivity contribution in [2.24, 2.45) is 0 Å². The lowest BCUT2D eigenvalue weighted by Crippen LogP contribution is -2.40. The summed E-state index contributed by atoms with van der Waals surface area (Å²) in [7, 11) is 0. The Hall–Kier alpha value is -2.33. The molecule has 28 heavy (non-hydrogen) atoms. The van der Waals surface area contributed by atoms with Gasteiger partial charge in [0.25, 0.3) is 0 Å². The highest BCUT2D eigenvalue weighted by molar-refractivity contribution is 7.80. The van der Waals surface area contributed by atoms with Gasteiger partial charge in [0.15, 0.2) is 5.11 Å². The van der Waals surface area contributed by atoms with Crippen LogP contribution in [0.25, 0.3) is 10.9 Å². The van der Waals surface area contributed by atoms with Gasteiger partial charge < -0.3 is 14.8 Å². The average molecular weight is 394 g/mol. The van der Waals surface area contributed by atoms with Crippen molar-refractivity contribution in [3.05, 3.63) is 65.4 Å². The number of aryl methyl sites for hydroxylation is 3. The first kappa shape index (κ1) is 20.4. The van der Waals surface area contributed by atoms with Gasteiger partial charge in [0.2, 0.25) is 0 Å². The standard InChI is InChI=1S/C24H31N3S/c1-6-19(5)27(24(28)25-21-13-17(3)12-18(4)14-21)16-20-15-26(7-2)23-11-9-8-10-22(20)23/h8-15,19H,6-7,16H2,1-5H3,(H,25,28)/t19-/m0/s1. The zero-order valence-electron chi connectivity index (χ0n) is 17.6. The number of nitrogens with zero attached hydrogens (tertiary/aromatic N) is 2. The fraction of sp³-hybridized carbons (Fsp3) is 0.375. The molecule has 1 aromatic heterocycles. The van der Waals surface area contributed by atoms with Crippen LogP contribution in [-0.4, -0.2) is 20.6 Å². The molecule has 3 rings (SSSR count). The highest BCUT2D eigenvalue weighted by Gasteiger charge is 2.19. The van der Waals surface area contributed by atoms with Crippen LogP contribution in [0.4, 0.5) is 5.69 Å². The highest BCUT2D eigenvalue weighted by atomic mass is 32.1. The predicted octanol–water partition coefficient (Wildman–Crippen LogP) is 6.28. The van der Waals surface area contributed by atoms with Gasteiger partial charge in [-0.3, -0.25) is 0 Å². The molecule has 148 valence electrons. The summed E-state index contributed by atoms with van der Waals surface area (Å²) < 4.78 is 2.32. The van der Waals surface area contributed by atoms with Gasteiger partial charge in [-0.05, 0) is 81.2 Å². The molecule has 1 N–H and O–H groups in total. The number of aromatic nitrogens is 1. The van der Waals surface area contributed by atoms with Crippen molar-refractivity contribution in [2.75, 3.05) is 5.32 Å². The van der Waals surface area contributed by atoms with Crippen LogP contribution in [0.1, 0.15) is 43.9 Å². The third kappa shape index (κ3) is 4.39. The van der Waals surface area contributed by atoms with Crippen LogP contribution in [0.5, 0.6) is 0 Å². The maximum atomic E-state index is 5.85. The van der Waals surface area contributed by atoms with Crippen molar-refractivity contribution >= 4 is 33.9 Å². The monoisotopic (exact) mass is 393 g/mol. The van der Waals surface area contributed by atoms with Crippen molar-refractivity contribution in [3.63, 3.8) is 0 Å². The zero-order chi connectivity index (χ0) is 20.3. The number of para-hydroxylation sites is 1. The predicted molar refractivity (Wildman–Crippen MR) is 125 cm³/mol. The molecule has 0 saturated carbocycles. The molecule has 3 nitrogen and oxygen atoms in total. The molecule has 0 amide bonds. The number of hydrogen-bond donors (Lipinski definition) is 1. The van der Waals surface area contributed by atoms with Crippen molar-refractivity contribution in [3.8, 4) is 0 Å². The minimum Gasteiger partial charge on any atom is -0.347 e. The second kappa shape index (κ2) is 8.78. The van der Waals surface area contributed by atoms with E-state index in [4.69, 9.17) is 12.2 Å². The molecular weight excluding hydrogens is 362 g/mol. The third-order valence-electron chi connectivity index (χ3n) is 5.41. The summed E-state index contributed by atoms with van der Waals surface area (Å²) in [5.41, 5.74) is 6.16. The topological polar surface area (TPSA) is 20.2 Å². The maximum Gasteiger partial charge on any atom is 0.173 e. The van der Waals surface area contributed by atoms with Crippen molar-refractivity contribution in [1.29, 1.82) is 0 Å². The first-order valence-electron chi connectivity index (χ1n) is 10.2. The van der Waals surface area contributed by atoms with E-state index in [1.165, 1.54) is 27.6 Å². The van der Waals surface area contributed by atoms with Gasteiger partial charge in [0.1, 0.15) is 0 Å². The molecule has 1 atom stereocenters. The van der Waals surface area contributed by atoms with E-state index >= 15 is 0 Å². The number of thiocarbonyl (C=S) groups is 1. The Kier molecular flexibility index (Phi) is 6.40. The zero-order valence-corrected chi connectivity index (χ0v) is 18.4. The minimum atomic E-state index is 0.356. The van der Waals surface area contributed by atoms with E-state index < -0.39 is 0 Å². The largest absolute Gasteiger partial charge is 0.347 e. The van der Waals surface area contributed by atoms with Crippen molar-refractivity contribution in [2.45, 2.75) is 60.2 Å². The number of hydrogen-bond acceptors (Lipinski definition) is 1. The van der Waals surface area contributed by atoms with Crippen LogP contribution >= 0.6 is 12.2 Å². The van der Waals surface area contributed by atoms with Crippen molar-refractivity contribution in [1.82, 2.24) is 9.47 Å². The molecule has 0 aliphatic carbocycles. The summed E-state index contributed by atoms with van der Waals surface area (Å²) in [5.74, 6) is 0. The molecule has 4 heteroatoms. The molecular formula is C24H31N3S. The SMILES string of the molecule is CC[C@H](C)N(Cc1cn(CC)c2ccccc12)C(=S)Nc1cc(C)cc(C)c1. The normalized spacial score (nSPS) is 12.2. The molecule has 1 heterocycles. The van der Waals surface area contributed by atoms with E-state index in [9.17, 15) is 0 Å². The number of benzene rings is 2. The fourth-order valence-electron chi connectivity index (χ4n) is 3.78. The smallest absolute Gasteiger partial charge is 0.173 e. The Bertz CT molecular complexity index is 953. The van der Waals surface area contributed by atoms with Gasteiger partial charge in [-0.2, -0.15) is 0 Å². The highest BCUT2D eigenvalue weighted by Crippen LogP contribution is 2.24. The molecule has 0 unspecified atom stereocenters. The summed E-state index contributed by atoms with van der Waals surface area (Å²) in [4.78, 5) is 2.31. The quantitative estimate of drug-likeness (QED) is 0.498. The molecule has 3 aromatic rings. The molecule has 2 aromatic carbocycles. The summed E-state index contributed by atoms with van der Waals surface area (Å²) in [6.45, 7) is 12.7. The molecule has 0 bridgehead atoms. The Morgan fingerprint density at radius 1 is 1.11 bits per heavy atom. The number of rotatable bonds is 6. The van der Waals surface area contributed by atoms with E-state index in [-0.39, 0.29) is 0 Å². The lowest BCUT2D eigenvalue weighted by molar-refractivity contribution is 0.320. The second-order valence-electron chi connectivity index (χ2n) is 7.65. The number of anilines is 1. The fourth-order valence-corrected chi connectivity index (χ4v) is 4.15. The summed E-state index contributed by atoms with van der Waals surface area (Å²) >= 11 is 5.85. The van der Waals surface area contributed by atoms with Gasteiger partial charge in [-0.25, -0.2) is 0 Å². The van der Waals surface area contributed by atoms with E-state index in [1.807, 2.05) is 0 Å². The number of nitrogens with one attached hydrogen (secondary N) is 1. The van der Waals surface area contributed by atoms with E-state index in [2.05, 4.69) is 98.1 Å². The van der Waals surface area contributed by atoms with Crippen LogP contribution in [0.15, 0.2) is 48.7 Å². The first-order valence-corrected chi connectivity index (χ1v) is 10.6. The molecule has 0 saturated heterocycles. The van der Waals surface area contributed by atoms with Gasteiger partial charge in [-0.1, -0.05) is 31.2 Å². The second-order valence-corrected chi connectivity index (χ2v) is 8.04. The molecule has 0 aliphatic heterocycles. The van der Waals surface area contributed by atoms with Gasteiger partial charge in [0, 0.05) is 41.9 Å². The van der Waals surface area contributed by atoms with Gasteiger partial charge >= 0.3 is 0 Å². The maximum absolute atomic E-state index is 5.85. The average Bonchev–Trinajstić information content (AvgIpc) is 3.02. The van der Waals surface area contributed by atoms with Crippen LogP contribution in [-0.2, 0) is 13.1 Å². The number of fused-ring (bicyclic) bond motifs is 1. The summed E-state index contributed by atoms with van der Waals surface area (Å²) in [5, 5.41) is 5.58. The molecule has 0 spiro atoms. The Morgan fingerprint density at radius 3 is 2.43 bits per heavy atom. The lowest BCUT2D eigenvalue weighted by atomic mass is 10.1. The van der Waals surface area contributed by atoms with E-state index in [0.29, 0.717) is 6.04 Å². The van der Waals surface area contributed by atoms with Crippen molar-refractivity contribution < 1.29 is 0 Å². The summed E-state index contributed by atoms with van der Waals surface area (Å²) in [6, 6.07) is 15.5. The molecule has 0 fully saturated rings. The van der Waals surface area contributed by atoms with Crippen LogP contribution in [0, 0.1) is 13.8 Å². The third-order valence-corrected chi connectivity index (χ3v) is 5.75. The minimum absolute atomic E-state index is 0.356. The molecule has 0 aliphatic rings. The molecule has 0 radical (unpaired) electrons. The first-order chi connectivity index (χ1) is 13.4. The van der Waals surface area contributed by atoms with Crippen LogP contribution < -0.4 is 5.32 Å². The van der Waals surface area contributed by atoms with E-state index in [0.717, 1.165) is 30.3 Å². The Morgan fingerprint density at radius 2 is 1.79 bits per heavy atom. The Balaban J connectivity index is 1.89. The van der Waals surface area contributed by atoms with Crippen LogP contribution in [0.2, 0.25) is 0 Å². The van der Waals surface area contributed by atoms with Gasteiger partial charge in [0.05, 0.1) is 0 Å². The van der Waals surface area contributed by atoms with Crippen LogP contribution in [0.3, 0.4) is 0 Å². The van der Waals surface area contributed by atoms with E-state index in [1.54, 1.807) is 0 Å². The van der Waals surface area contributed by atoms with Gasteiger partial charge in [-0.15, -0.1) is 0 Å². The Labute approximate surface area is 174 Å². The lowest BCUT2D eigenvalue weighted by Gasteiger charge is -2.31. The summed E-state index contributed by atoms with van der Waals surface area (Å²) in [6.07, 6.45) is 3.32.